The predicted molar refractivity (Wildman–Crippen MR) is 65.5 cm³/mol. The van der Waals surface area contributed by atoms with Crippen LogP contribution in [0.3, 0.4) is 0 Å². The van der Waals surface area contributed by atoms with E-state index < -0.39 is 5.60 Å². The highest BCUT2D eigenvalue weighted by Gasteiger charge is 2.65. The molecule has 0 amide bonds. The van der Waals surface area contributed by atoms with Crippen molar-refractivity contribution in [2.45, 2.75) is 51.6 Å². The number of aromatic nitrogens is 2. The molecule has 92 valence electrons. The fraction of sp³-hybridized carbons (Fsp3) is 0.714. The molecule has 0 radical (unpaired) electrons. The summed E-state index contributed by atoms with van der Waals surface area (Å²) in [5.41, 5.74) is 2.37. The summed E-state index contributed by atoms with van der Waals surface area (Å²) in [4.78, 5) is 0. The molecular weight excluding hydrogens is 212 g/mol. The highest BCUT2D eigenvalue weighted by atomic mass is 16.3. The first kappa shape index (κ1) is 11.1. The van der Waals surface area contributed by atoms with Gasteiger partial charge in [-0.15, -0.1) is 0 Å². The summed E-state index contributed by atoms with van der Waals surface area (Å²) in [6, 6.07) is 2.05. The van der Waals surface area contributed by atoms with Gasteiger partial charge in [-0.3, -0.25) is 0 Å². The molecule has 1 aromatic heterocycles. The summed E-state index contributed by atoms with van der Waals surface area (Å²) in [6.07, 6.45) is 5.73. The van der Waals surface area contributed by atoms with Gasteiger partial charge in [-0.1, -0.05) is 19.8 Å². The number of nitrogens with zero attached hydrogens (tertiary/aromatic N) is 2. The Bertz CT molecular complexity index is 432. The molecule has 2 saturated carbocycles. The number of rotatable bonds is 2. The Morgan fingerprint density at radius 3 is 2.53 bits per heavy atom. The van der Waals surface area contributed by atoms with Gasteiger partial charge >= 0.3 is 0 Å². The van der Waals surface area contributed by atoms with Crippen LogP contribution in [0.25, 0.3) is 0 Å². The first-order valence-electron chi connectivity index (χ1n) is 6.74. The van der Waals surface area contributed by atoms with Crippen LogP contribution in [0.2, 0.25) is 0 Å². The highest BCUT2D eigenvalue weighted by Crippen LogP contribution is 2.64. The van der Waals surface area contributed by atoms with Crippen LogP contribution in [0, 0.1) is 18.8 Å². The molecule has 0 aromatic carbocycles. The van der Waals surface area contributed by atoms with Gasteiger partial charge in [0.2, 0.25) is 0 Å². The van der Waals surface area contributed by atoms with Crippen LogP contribution in [0.5, 0.6) is 0 Å². The molecule has 3 heteroatoms. The molecule has 1 N–H and O–H groups in total. The van der Waals surface area contributed by atoms with Gasteiger partial charge in [-0.05, 0) is 44.1 Å². The van der Waals surface area contributed by atoms with Crippen LogP contribution in [0.15, 0.2) is 6.07 Å². The Balaban J connectivity index is 2.01. The molecule has 0 spiro atoms. The second-order valence-electron chi connectivity index (χ2n) is 5.52. The SMILES string of the molecule is CCc1nnc(C)cc1C1(O)C2CCCCC21. The molecule has 17 heavy (non-hydrogen) atoms. The minimum absolute atomic E-state index is 0.477. The van der Waals surface area contributed by atoms with Crippen molar-refractivity contribution in [3.05, 3.63) is 23.0 Å². The van der Waals surface area contributed by atoms with Crippen molar-refractivity contribution in [1.82, 2.24) is 10.2 Å². The minimum atomic E-state index is -0.581. The Morgan fingerprint density at radius 1 is 1.29 bits per heavy atom. The normalized spacial score (nSPS) is 35.5. The van der Waals surface area contributed by atoms with Gasteiger partial charge < -0.3 is 5.11 Å². The molecule has 2 atom stereocenters. The van der Waals surface area contributed by atoms with Crippen molar-refractivity contribution in [3.8, 4) is 0 Å². The van der Waals surface area contributed by atoms with Crippen molar-refractivity contribution in [2.75, 3.05) is 0 Å². The summed E-state index contributed by atoms with van der Waals surface area (Å²) in [7, 11) is 0. The predicted octanol–water partition coefficient (Wildman–Crippen LogP) is 2.36. The summed E-state index contributed by atoms with van der Waals surface area (Å²) in [6.45, 7) is 4.03. The molecule has 3 nitrogen and oxygen atoms in total. The van der Waals surface area contributed by atoms with Crippen molar-refractivity contribution < 1.29 is 5.11 Å². The molecule has 3 rings (SSSR count). The summed E-state index contributed by atoms with van der Waals surface area (Å²) in [5, 5.41) is 19.3. The van der Waals surface area contributed by atoms with Gasteiger partial charge in [-0.2, -0.15) is 10.2 Å². The van der Waals surface area contributed by atoms with Crippen molar-refractivity contribution in [2.24, 2.45) is 11.8 Å². The van der Waals surface area contributed by atoms with Crippen LogP contribution in [-0.2, 0) is 12.0 Å². The lowest BCUT2D eigenvalue weighted by Gasteiger charge is -2.15. The molecule has 0 bridgehead atoms. The van der Waals surface area contributed by atoms with Crippen LogP contribution in [0.1, 0.15) is 49.6 Å². The fourth-order valence-electron chi connectivity index (χ4n) is 3.61. The van der Waals surface area contributed by atoms with E-state index in [0.29, 0.717) is 11.8 Å². The fourth-order valence-corrected chi connectivity index (χ4v) is 3.61. The Morgan fingerprint density at radius 2 is 1.94 bits per heavy atom. The molecule has 0 saturated heterocycles. The molecular formula is C14H20N2O. The van der Waals surface area contributed by atoms with E-state index in [1.165, 1.54) is 25.7 Å². The third-order valence-corrected chi connectivity index (χ3v) is 4.55. The number of hydrogen-bond donors (Lipinski definition) is 1. The van der Waals surface area contributed by atoms with E-state index in [9.17, 15) is 5.11 Å². The van der Waals surface area contributed by atoms with E-state index in [1.54, 1.807) is 0 Å². The minimum Gasteiger partial charge on any atom is -0.384 e. The maximum absolute atomic E-state index is 10.9. The zero-order valence-corrected chi connectivity index (χ0v) is 10.6. The maximum atomic E-state index is 10.9. The zero-order valence-electron chi connectivity index (χ0n) is 10.6. The smallest absolute Gasteiger partial charge is 0.0979 e. The Kier molecular flexibility index (Phi) is 2.47. The van der Waals surface area contributed by atoms with Gasteiger partial charge in [-0.25, -0.2) is 0 Å². The lowest BCUT2D eigenvalue weighted by Crippen LogP contribution is -2.15. The van der Waals surface area contributed by atoms with Crippen LogP contribution in [0.4, 0.5) is 0 Å². The lowest BCUT2D eigenvalue weighted by atomic mass is 10.0. The van der Waals surface area contributed by atoms with Crippen molar-refractivity contribution in [3.63, 3.8) is 0 Å². The van der Waals surface area contributed by atoms with E-state index in [-0.39, 0.29) is 0 Å². The van der Waals surface area contributed by atoms with Gasteiger partial charge in [0, 0.05) is 5.56 Å². The van der Waals surface area contributed by atoms with E-state index >= 15 is 0 Å². The van der Waals surface area contributed by atoms with Gasteiger partial charge in [0.1, 0.15) is 0 Å². The van der Waals surface area contributed by atoms with E-state index in [0.717, 1.165) is 23.4 Å². The molecule has 2 aliphatic carbocycles. The number of fused-ring (bicyclic) bond motifs is 1. The maximum Gasteiger partial charge on any atom is 0.0979 e. The van der Waals surface area contributed by atoms with Crippen LogP contribution >= 0.6 is 0 Å². The first-order valence-corrected chi connectivity index (χ1v) is 6.74. The lowest BCUT2D eigenvalue weighted by molar-refractivity contribution is 0.116. The molecule has 1 aromatic rings. The summed E-state index contributed by atoms with van der Waals surface area (Å²) < 4.78 is 0. The van der Waals surface area contributed by atoms with Crippen LogP contribution in [-0.4, -0.2) is 15.3 Å². The molecule has 2 unspecified atom stereocenters. The van der Waals surface area contributed by atoms with E-state index in [4.69, 9.17) is 0 Å². The second kappa shape index (κ2) is 3.77. The first-order chi connectivity index (χ1) is 8.17. The largest absolute Gasteiger partial charge is 0.384 e. The molecule has 0 aliphatic heterocycles. The van der Waals surface area contributed by atoms with Crippen molar-refractivity contribution >= 4 is 0 Å². The summed E-state index contributed by atoms with van der Waals surface area (Å²) >= 11 is 0. The number of hydrogen-bond acceptors (Lipinski definition) is 3. The molecule has 1 heterocycles. The number of aryl methyl sites for hydroxylation is 2. The Labute approximate surface area is 102 Å². The Hall–Kier alpha value is -0.960. The monoisotopic (exact) mass is 232 g/mol. The highest BCUT2D eigenvalue weighted by molar-refractivity contribution is 5.36. The van der Waals surface area contributed by atoms with Crippen molar-refractivity contribution in [1.29, 1.82) is 0 Å². The van der Waals surface area contributed by atoms with E-state index in [2.05, 4.69) is 17.1 Å². The van der Waals surface area contributed by atoms with Gasteiger partial charge in [0.05, 0.1) is 17.0 Å². The standard InChI is InChI=1S/C14H20N2O/c1-3-13-12(8-9(2)15-16-13)14(17)10-6-4-5-7-11(10)14/h8,10-11,17H,3-7H2,1-2H3. The average molecular weight is 232 g/mol. The van der Waals surface area contributed by atoms with E-state index in [1.807, 2.05) is 13.0 Å². The zero-order chi connectivity index (χ0) is 12.0. The third-order valence-electron chi connectivity index (χ3n) is 4.55. The van der Waals surface area contributed by atoms with Crippen LogP contribution < -0.4 is 0 Å². The molecule has 2 aliphatic rings. The number of aliphatic hydroxyl groups is 1. The second-order valence-corrected chi connectivity index (χ2v) is 5.52. The van der Waals surface area contributed by atoms with Gasteiger partial charge in [0.15, 0.2) is 0 Å². The molecule has 2 fully saturated rings. The third kappa shape index (κ3) is 1.52. The average Bonchev–Trinajstić information content (AvgIpc) is 2.97. The summed E-state index contributed by atoms with van der Waals surface area (Å²) in [5.74, 6) is 0.954. The topological polar surface area (TPSA) is 46.0 Å². The van der Waals surface area contributed by atoms with Gasteiger partial charge in [0.25, 0.3) is 0 Å². The quantitative estimate of drug-likeness (QED) is 0.851.